The van der Waals surface area contributed by atoms with Crippen molar-refractivity contribution in [2.24, 2.45) is 0 Å². The molecule has 0 amide bonds. The zero-order valence-corrected chi connectivity index (χ0v) is 14.6. The molecule has 3 rings (SSSR count). The van der Waals surface area contributed by atoms with E-state index in [-0.39, 0.29) is 21.6 Å². The van der Waals surface area contributed by atoms with Gasteiger partial charge in [0.2, 0.25) is 0 Å². The lowest BCUT2D eigenvalue weighted by atomic mass is 10.3. The minimum atomic E-state index is -3.57. The second-order valence-corrected chi connectivity index (χ2v) is 7.75. The molecule has 0 fully saturated rings. The first-order chi connectivity index (χ1) is 11.4. The molecule has 0 saturated carbocycles. The van der Waals surface area contributed by atoms with Crippen molar-refractivity contribution in [3.05, 3.63) is 70.6 Å². The Morgan fingerprint density at radius 2 is 1.71 bits per heavy atom. The van der Waals surface area contributed by atoms with E-state index >= 15 is 0 Å². The first-order valence-electron chi connectivity index (χ1n) is 6.87. The lowest BCUT2D eigenvalue weighted by Crippen LogP contribution is -2.07. The molecule has 0 aliphatic rings. The molecule has 0 aliphatic heterocycles. The average Bonchev–Trinajstić information content (AvgIpc) is 2.55. The first kappa shape index (κ1) is 16.8. The van der Waals surface area contributed by atoms with Crippen LogP contribution in [0.2, 0.25) is 10.2 Å². The third kappa shape index (κ3) is 3.90. The van der Waals surface area contributed by atoms with Crippen LogP contribution in [0.1, 0.15) is 5.69 Å². The summed E-state index contributed by atoms with van der Waals surface area (Å²) in [5.41, 5.74) is 0.816. The molecule has 0 saturated heterocycles. The van der Waals surface area contributed by atoms with E-state index < -0.39 is 9.84 Å². The highest BCUT2D eigenvalue weighted by Gasteiger charge is 2.18. The summed E-state index contributed by atoms with van der Waals surface area (Å²) < 4.78 is 25.0. The minimum absolute atomic E-state index is 0.159. The summed E-state index contributed by atoms with van der Waals surface area (Å²) in [4.78, 5) is 12.7. The SMILES string of the molecule is O=S(=O)(Cc1cc(Cl)nc(-c2ccccn2)n1)c1ccc(Cl)cc1. The Balaban J connectivity index is 1.95. The largest absolute Gasteiger partial charge is 0.253 e. The highest BCUT2D eigenvalue weighted by molar-refractivity contribution is 7.90. The van der Waals surface area contributed by atoms with Crippen molar-refractivity contribution in [1.29, 1.82) is 0 Å². The number of nitrogens with zero attached hydrogens (tertiary/aromatic N) is 3. The molecule has 0 N–H and O–H groups in total. The maximum absolute atomic E-state index is 12.5. The lowest BCUT2D eigenvalue weighted by molar-refractivity contribution is 0.594. The quantitative estimate of drug-likeness (QED) is 0.644. The van der Waals surface area contributed by atoms with Gasteiger partial charge in [0.05, 0.1) is 16.3 Å². The van der Waals surface area contributed by atoms with Gasteiger partial charge in [-0.05, 0) is 42.5 Å². The van der Waals surface area contributed by atoms with Gasteiger partial charge in [-0.3, -0.25) is 4.98 Å². The van der Waals surface area contributed by atoms with E-state index in [1.165, 1.54) is 30.3 Å². The van der Waals surface area contributed by atoms with E-state index in [0.29, 0.717) is 16.4 Å². The molecule has 122 valence electrons. The standard InChI is InChI=1S/C16H11Cl2N3O2S/c17-11-4-6-13(7-5-11)24(22,23)10-12-9-15(18)21-16(20-12)14-3-1-2-8-19-14/h1-9H,10H2. The maximum atomic E-state index is 12.5. The zero-order valence-electron chi connectivity index (χ0n) is 12.2. The number of hydrogen-bond donors (Lipinski definition) is 0. The van der Waals surface area contributed by atoms with Gasteiger partial charge in [-0.25, -0.2) is 18.4 Å². The monoisotopic (exact) mass is 379 g/mol. The van der Waals surface area contributed by atoms with Gasteiger partial charge in [-0.1, -0.05) is 29.3 Å². The van der Waals surface area contributed by atoms with Crippen LogP contribution in [0.15, 0.2) is 59.6 Å². The fraction of sp³-hybridized carbons (Fsp3) is 0.0625. The molecule has 0 atom stereocenters. The van der Waals surface area contributed by atoms with Gasteiger partial charge >= 0.3 is 0 Å². The van der Waals surface area contributed by atoms with Crippen LogP contribution >= 0.6 is 23.2 Å². The van der Waals surface area contributed by atoms with Crippen LogP contribution < -0.4 is 0 Å². The molecule has 1 aromatic carbocycles. The number of aromatic nitrogens is 3. The molecule has 8 heteroatoms. The average molecular weight is 380 g/mol. The van der Waals surface area contributed by atoms with E-state index in [9.17, 15) is 8.42 Å². The van der Waals surface area contributed by atoms with Crippen LogP contribution in [0.5, 0.6) is 0 Å². The molecular formula is C16H11Cl2N3O2S. The Kier molecular flexibility index (Phi) is 4.80. The van der Waals surface area contributed by atoms with Crippen molar-refractivity contribution in [3.63, 3.8) is 0 Å². The van der Waals surface area contributed by atoms with Crippen LogP contribution in [-0.4, -0.2) is 23.4 Å². The van der Waals surface area contributed by atoms with Crippen LogP contribution in [0.4, 0.5) is 0 Å². The molecule has 5 nitrogen and oxygen atoms in total. The number of rotatable bonds is 4. The van der Waals surface area contributed by atoms with Gasteiger partial charge in [0.1, 0.15) is 10.8 Å². The van der Waals surface area contributed by atoms with Gasteiger partial charge in [-0.2, -0.15) is 0 Å². The highest BCUT2D eigenvalue weighted by Crippen LogP contribution is 2.21. The number of benzene rings is 1. The van der Waals surface area contributed by atoms with Gasteiger partial charge in [0.25, 0.3) is 0 Å². The van der Waals surface area contributed by atoms with Crippen molar-refractivity contribution in [2.45, 2.75) is 10.6 Å². The normalized spacial score (nSPS) is 11.4. The van der Waals surface area contributed by atoms with Gasteiger partial charge in [0.15, 0.2) is 15.7 Å². The smallest absolute Gasteiger partial charge is 0.184 e. The molecule has 24 heavy (non-hydrogen) atoms. The fourth-order valence-corrected chi connectivity index (χ4v) is 3.65. The van der Waals surface area contributed by atoms with E-state index in [0.717, 1.165) is 0 Å². The molecular weight excluding hydrogens is 369 g/mol. The molecule has 0 radical (unpaired) electrons. The maximum Gasteiger partial charge on any atom is 0.184 e. The second-order valence-electron chi connectivity index (χ2n) is 4.93. The predicted molar refractivity (Wildman–Crippen MR) is 92.6 cm³/mol. The number of sulfone groups is 1. The highest BCUT2D eigenvalue weighted by atomic mass is 35.5. The molecule has 0 bridgehead atoms. The summed E-state index contributed by atoms with van der Waals surface area (Å²) in [6.07, 6.45) is 1.60. The Hall–Kier alpha value is -2.02. The molecule has 3 aromatic rings. The van der Waals surface area contributed by atoms with E-state index in [2.05, 4.69) is 15.0 Å². The summed E-state index contributed by atoms with van der Waals surface area (Å²) in [5, 5.41) is 0.628. The summed E-state index contributed by atoms with van der Waals surface area (Å²) in [6.45, 7) is 0. The third-order valence-corrected chi connectivity index (χ3v) is 5.26. The van der Waals surface area contributed by atoms with E-state index in [4.69, 9.17) is 23.2 Å². The van der Waals surface area contributed by atoms with Crippen LogP contribution in [0.3, 0.4) is 0 Å². The second kappa shape index (κ2) is 6.84. The molecule has 0 aliphatic carbocycles. The van der Waals surface area contributed by atoms with Crippen molar-refractivity contribution in [3.8, 4) is 11.5 Å². The van der Waals surface area contributed by atoms with Crippen LogP contribution in [-0.2, 0) is 15.6 Å². The van der Waals surface area contributed by atoms with Gasteiger partial charge in [-0.15, -0.1) is 0 Å². The Bertz CT molecular complexity index is 962. The Morgan fingerprint density at radius 1 is 0.958 bits per heavy atom. The molecule has 0 spiro atoms. The van der Waals surface area contributed by atoms with Crippen molar-refractivity contribution < 1.29 is 8.42 Å². The van der Waals surface area contributed by atoms with Gasteiger partial charge < -0.3 is 0 Å². The molecule has 0 unspecified atom stereocenters. The Morgan fingerprint density at radius 3 is 2.38 bits per heavy atom. The van der Waals surface area contributed by atoms with Crippen LogP contribution in [0.25, 0.3) is 11.5 Å². The topological polar surface area (TPSA) is 72.8 Å². The summed E-state index contributed by atoms with van der Waals surface area (Å²) >= 11 is 11.8. The van der Waals surface area contributed by atoms with Gasteiger partial charge in [0, 0.05) is 11.2 Å². The number of halogens is 2. The number of pyridine rings is 1. The summed E-state index contributed by atoms with van der Waals surface area (Å²) in [6, 6.07) is 12.7. The van der Waals surface area contributed by atoms with Crippen molar-refractivity contribution in [2.75, 3.05) is 0 Å². The fourth-order valence-electron chi connectivity index (χ4n) is 2.07. The summed E-state index contributed by atoms with van der Waals surface area (Å²) in [7, 11) is -3.57. The number of hydrogen-bond acceptors (Lipinski definition) is 5. The lowest BCUT2D eigenvalue weighted by Gasteiger charge is -2.07. The predicted octanol–water partition coefficient (Wildman–Crippen LogP) is 3.82. The third-order valence-electron chi connectivity index (χ3n) is 3.15. The van der Waals surface area contributed by atoms with E-state index in [1.54, 1.807) is 24.4 Å². The van der Waals surface area contributed by atoms with Crippen molar-refractivity contribution >= 4 is 33.0 Å². The molecule has 2 heterocycles. The molecule has 2 aromatic heterocycles. The summed E-state index contributed by atoms with van der Waals surface area (Å²) in [5.74, 6) is -0.0131. The zero-order chi connectivity index (χ0) is 17.2. The minimum Gasteiger partial charge on any atom is -0.253 e. The first-order valence-corrected chi connectivity index (χ1v) is 9.28. The Labute approximate surface area is 149 Å². The van der Waals surface area contributed by atoms with E-state index in [1.807, 2.05) is 0 Å². The van der Waals surface area contributed by atoms with Crippen molar-refractivity contribution in [1.82, 2.24) is 15.0 Å². The van der Waals surface area contributed by atoms with Crippen LogP contribution in [0, 0.1) is 0 Å².